The lowest BCUT2D eigenvalue weighted by Crippen LogP contribution is -2.01. The normalized spacial score (nSPS) is 10.3. The van der Waals surface area contributed by atoms with Crippen molar-refractivity contribution in [2.45, 2.75) is 0 Å². The average molecular weight is 362 g/mol. The second kappa shape index (κ2) is 5.77. The van der Waals surface area contributed by atoms with Gasteiger partial charge in [-0.05, 0) is 40.2 Å². The first-order valence-corrected chi connectivity index (χ1v) is 6.63. The summed E-state index contributed by atoms with van der Waals surface area (Å²) in [5.74, 6) is -0.745. The van der Waals surface area contributed by atoms with E-state index in [1.165, 1.54) is 12.3 Å². The topological polar surface area (TPSA) is 62.2 Å². The van der Waals surface area contributed by atoms with Crippen LogP contribution in [0.3, 0.4) is 0 Å². The number of carboxylic acid groups (broad SMARTS) is 1. The molecule has 1 aromatic heterocycles. The van der Waals surface area contributed by atoms with E-state index in [-0.39, 0.29) is 10.6 Å². The third-order valence-electron chi connectivity index (χ3n) is 2.28. The highest BCUT2D eigenvalue weighted by molar-refractivity contribution is 9.10. The van der Waals surface area contributed by atoms with Gasteiger partial charge in [0.05, 0.1) is 16.3 Å². The molecule has 2 N–H and O–H groups in total. The van der Waals surface area contributed by atoms with Crippen molar-refractivity contribution < 1.29 is 9.90 Å². The summed E-state index contributed by atoms with van der Waals surface area (Å²) in [5, 5.41) is 12.6. The minimum atomic E-state index is -1.11. The Labute approximate surface area is 127 Å². The van der Waals surface area contributed by atoms with Gasteiger partial charge in [-0.1, -0.05) is 23.2 Å². The average Bonchev–Trinajstić information content (AvgIpc) is 2.36. The first kappa shape index (κ1) is 14.1. The van der Waals surface area contributed by atoms with Gasteiger partial charge in [0.25, 0.3) is 0 Å². The fraction of sp³-hybridized carbons (Fsp3) is 0. The van der Waals surface area contributed by atoms with Crippen molar-refractivity contribution in [1.29, 1.82) is 0 Å². The summed E-state index contributed by atoms with van der Waals surface area (Å²) in [6, 6.07) is 6.56. The van der Waals surface area contributed by atoms with Crippen LogP contribution < -0.4 is 5.32 Å². The molecule has 0 unspecified atom stereocenters. The summed E-state index contributed by atoms with van der Waals surface area (Å²) in [6.45, 7) is 0. The van der Waals surface area contributed by atoms with Crippen molar-refractivity contribution >= 4 is 56.6 Å². The van der Waals surface area contributed by atoms with Gasteiger partial charge in [0.1, 0.15) is 5.82 Å². The van der Waals surface area contributed by atoms with Gasteiger partial charge < -0.3 is 10.4 Å². The van der Waals surface area contributed by atoms with E-state index in [0.717, 1.165) is 4.47 Å². The number of nitrogens with zero attached hydrogens (tertiary/aromatic N) is 1. The number of halogens is 3. The molecule has 0 saturated heterocycles. The van der Waals surface area contributed by atoms with E-state index in [1.54, 1.807) is 18.2 Å². The predicted molar refractivity (Wildman–Crippen MR) is 78.6 cm³/mol. The number of pyridine rings is 1. The number of aromatic nitrogens is 1. The van der Waals surface area contributed by atoms with Gasteiger partial charge in [0.2, 0.25) is 0 Å². The Kier molecular flexibility index (Phi) is 4.29. The number of nitrogens with one attached hydrogen (secondary N) is 1. The fourth-order valence-electron chi connectivity index (χ4n) is 1.40. The van der Waals surface area contributed by atoms with Crippen LogP contribution in [-0.4, -0.2) is 16.1 Å². The second-order valence-corrected chi connectivity index (χ2v) is 5.30. The Bertz CT molecular complexity index is 650. The summed E-state index contributed by atoms with van der Waals surface area (Å²) in [5.41, 5.74) is 0.663. The van der Waals surface area contributed by atoms with Gasteiger partial charge in [-0.2, -0.15) is 0 Å². The lowest BCUT2D eigenvalue weighted by molar-refractivity contribution is 0.0697. The Hall–Kier alpha value is -1.30. The second-order valence-electron chi connectivity index (χ2n) is 3.60. The van der Waals surface area contributed by atoms with E-state index in [1.807, 2.05) is 0 Å². The highest BCUT2D eigenvalue weighted by atomic mass is 79.9. The van der Waals surface area contributed by atoms with Crippen molar-refractivity contribution in [2.24, 2.45) is 0 Å². The lowest BCUT2D eigenvalue weighted by atomic mass is 10.2. The zero-order chi connectivity index (χ0) is 14.0. The molecule has 0 bridgehead atoms. The van der Waals surface area contributed by atoms with Gasteiger partial charge in [0, 0.05) is 15.7 Å². The van der Waals surface area contributed by atoms with E-state index in [4.69, 9.17) is 28.3 Å². The maximum absolute atomic E-state index is 11.0. The van der Waals surface area contributed by atoms with E-state index < -0.39 is 5.97 Å². The van der Waals surface area contributed by atoms with Crippen molar-refractivity contribution in [3.63, 3.8) is 0 Å². The molecular formula is C12H7BrCl2N2O2. The molecule has 2 rings (SSSR count). The molecule has 4 nitrogen and oxygen atoms in total. The molecule has 0 atom stereocenters. The molecule has 0 fully saturated rings. The molecule has 0 aliphatic carbocycles. The lowest BCUT2D eigenvalue weighted by Gasteiger charge is -2.09. The van der Waals surface area contributed by atoms with Crippen LogP contribution in [0, 0.1) is 0 Å². The maximum Gasteiger partial charge on any atom is 0.337 e. The molecule has 0 saturated carbocycles. The molecule has 98 valence electrons. The molecule has 0 spiro atoms. The zero-order valence-corrected chi connectivity index (χ0v) is 12.4. The number of aromatic carboxylic acids is 1. The third kappa shape index (κ3) is 3.37. The van der Waals surface area contributed by atoms with Gasteiger partial charge in [-0.25, -0.2) is 9.78 Å². The summed E-state index contributed by atoms with van der Waals surface area (Å²) < 4.78 is 0.783. The van der Waals surface area contributed by atoms with Gasteiger partial charge in [0.15, 0.2) is 0 Å². The monoisotopic (exact) mass is 360 g/mol. The molecule has 2 aromatic rings. The van der Waals surface area contributed by atoms with Crippen LogP contribution in [0.4, 0.5) is 11.5 Å². The van der Waals surface area contributed by atoms with Crippen LogP contribution >= 0.6 is 39.1 Å². The minimum absolute atomic E-state index is 0.0164. The number of benzene rings is 1. The predicted octanol–water partition coefficient (Wildman–Crippen LogP) is 4.59. The number of anilines is 2. The smallest absolute Gasteiger partial charge is 0.337 e. The van der Waals surface area contributed by atoms with Crippen molar-refractivity contribution in [1.82, 2.24) is 4.98 Å². The Balaban J connectivity index is 2.36. The van der Waals surface area contributed by atoms with Crippen LogP contribution in [0.1, 0.15) is 10.4 Å². The highest BCUT2D eigenvalue weighted by Gasteiger charge is 2.11. The van der Waals surface area contributed by atoms with E-state index in [2.05, 4.69) is 26.2 Å². The maximum atomic E-state index is 11.0. The van der Waals surface area contributed by atoms with Crippen LogP contribution in [0.25, 0.3) is 0 Å². The van der Waals surface area contributed by atoms with Crippen LogP contribution in [0.5, 0.6) is 0 Å². The molecule has 1 aromatic carbocycles. The number of hydrogen-bond donors (Lipinski definition) is 2. The largest absolute Gasteiger partial charge is 0.478 e. The van der Waals surface area contributed by atoms with Crippen molar-refractivity contribution in [3.8, 4) is 0 Å². The Morgan fingerprint density at radius 1 is 1.32 bits per heavy atom. The number of carboxylic acids is 1. The summed E-state index contributed by atoms with van der Waals surface area (Å²) in [4.78, 5) is 15.0. The Morgan fingerprint density at radius 3 is 2.74 bits per heavy atom. The molecule has 0 radical (unpaired) electrons. The van der Waals surface area contributed by atoms with Gasteiger partial charge in [-0.3, -0.25) is 0 Å². The number of hydrogen-bond acceptors (Lipinski definition) is 3. The van der Waals surface area contributed by atoms with E-state index >= 15 is 0 Å². The quantitative estimate of drug-likeness (QED) is 0.839. The van der Waals surface area contributed by atoms with Crippen molar-refractivity contribution in [2.75, 3.05) is 5.32 Å². The van der Waals surface area contributed by atoms with Gasteiger partial charge in [-0.15, -0.1) is 0 Å². The molecule has 19 heavy (non-hydrogen) atoms. The molecular weight excluding hydrogens is 355 g/mol. The third-order valence-corrected chi connectivity index (χ3v) is 3.50. The first-order valence-electron chi connectivity index (χ1n) is 5.08. The van der Waals surface area contributed by atoms with Crippen LogP contribution in [0.2, 0.25) is 10.0 Å². The summed E-state index contributed by atoms with van der Waals surface area (Å²) >= 11 is 15.0. The zero-order valence-electron chi connectivity index (χ0n) is 9.32. The van der Waals surface area contributed by atoms with E-state index in [9.17, 15) is 4.79 Å². The molecule has 1 heterocycles. The first-order chi connectivity index (χ1) is 8.97. The number of carbonyl (C=O) groups is 1. The molecule has 0 amide bonds. The van der Waals surface area contributed by atoms with Gasteiger partial charge >= 0.3 is 5.97 Å². The van der Waals surface area contributed by atoms with Crippen molar-refractivity contribution in [3.05, 3.63) is 50.5 Å². The summed E-state index contributed by atoms with van der Waals surface area (Å²) in [7, 11) is 0. The van der Waals surface area contributed by atoms with E-state index in [0.29, 0.717) is 16.5 Å². The van der Waals surface area contributed by atoms with Crippen LogP contribution in [0.15, 0.2) is 34.9 Å². The SMILES string of the molecule is O=C(O)c1cc(Nc2cc(Cl)ccc2Br)ncc1Cl. The molecule has 0 aliphatic rings. The van der Waals surface area contributed by atoms with Crippen LogP contribution in [-0.2, 0) is 0 Å². The standard InChI is InChI=1S/C12H7BrCl2N2O2/c13-8-2-1-6(14)3-10(8)17-11-4-7(12(18)19)9(15)5-16-11/h1-5H,(H,16,17)(H,18,19). The molecule has 0 aliphatic heterocycles. The Morgan fingerprint density at radius 2 is 2.05 bits per heavy atom. The highest BCUT2D eigenvalue weighted by Crippen LogP contribution is 2.29. The minimum Gasteiger partial charge on any atom is -0.478 e. The number of rotatable bonds is 3. The fourth-order valence-corrected chi connectivity index (χ4v) is 2.10. The molecule has 7 heteroatoms. The summed E-state index contributed by atoms with van der Waals surface area (Å²) in [6.07, 6.45) is 1.28.